The molecule has 1 aliphatic rings. The predicted molar refractivity (Wildman–Crippen MR) is 112 cm³/mol. The zero-order valence-corrected chi connectivity index (χ0v) is 16.3. The van der Waals surface area contributed by atoms with Gasteiger partial charge in [0.05, 0.1) is 11.9 Å². The van der Waals surface area contributed by atoms with Crippen LogP contribution in [0, 0.1) is 6.92 Å². The average molecular weight is 391 g/mol. The van der Waals surface area contributed by atoms with E-state index in [1.54, 1.807) is 18.5 Å². The van der Waals surface area contributed by atoms with Crippen LogP contribution in [0.15, 0.2) is 60.9 Å². The molecule has 3 aromatic rings. The Balaban J connectivity index is 1.48. The predicted octanol–water partition coefficient (Wildman–Crippen LogP) is 3.46. The molecule has 1 aliphatic heterocycles. The molecular weight excluding hydrogens is 366 g/mol. The van der Waals surface area contributed by atoms with Gasteiger partial charge in [-0.1, -0.05) is 23.8 Å². The van der Waals surface area contributed by atoms with Crippen molar-refractivity contribution in [3.8, 4) is 11.5 Å². The van der Waals surface area contributed by atoms with Crippen LogP contribution in [0.4, 0.5) is 5.69 Å². The van der Waals surface area contributed by atoms with Crippen molar-refractivity contribution in [3.63, 3.8) is 0 Å². The first-order valence-electron chi connectivity index (χ1n) is 9.75. The number of benzene rings is 2. The summed E-state index contributed by atoms with van der Waals surface area (Å²) in [6.07, 6.45) is 2.55. The topological polar surface area (TPSA) is 86.6 Å². The molecule has 0 unspecified atom stereocenters. The molecule has 1 aromatic heterocycles. The first-order chi connectivity index (χ1) is 14.1. The van der Waals surface area contributed by atoms with Gasteiger partial charge in [0.25, 0.3) is 0 Å². The van der Waals surface area contributed by atoms with Crippen LogP contribution >= 0.6 is 0 Å². The molecule has 0 spiro atoms. The molecule has 2 aromatic carbocycles. The number of aromatic nitrogens is 1. The summed E-state index contributed by atoms with van der Waals surface area (Å²) in [6.45, 7) is 3.53. The molecule has 4 rings (SSSR count). The molecule has 0 fully saturated rings. The third-order valence-corrected chi connectivity index (χ3v) is 5.16. The van der Waals surface area contributed by atoms with E-state index in [1.807, 2.05) is 30.3 Å². The summed E-state index contributed by atoms with van der Waals surface area (Å²) < 4.78 is 6.01. The second-order valence-electron chi connectivity index (χ2n) is 7.25. The van der Waals surface area contributed by atoms with E-state index < -0.39 is 6.29 Å². The van der Waals surface area contributed by atoms with E-state index in [1.165, 1.54) is 16.7 Å². The zero-order chi connectivity index (χ0) is 20.2. The highest BCUT2D eigenvalue weighted by Crippen LogP contribution is 2.30. The maximum atomic E-state index is 9.52. The van der Waals surface area contributed by atoms with Gasteiger partial charge >= 0.3 is 0 Å². The number of fused-ring (bicyclic) bond motifs is 1. The molecule has 0 radical (unpaired) electrons. The van der Waals surface area contributed by atoms with Gasteiger partial charge < -0.3 is 25.6 Å². The number of nitrogens with one attached hydrogen (secondary N) is 2. The number of aliphatic hydroxyl groups is 2. The Bertz CT molecular complexity index is 973. The minimum Gasteiger partial charge on any atom is -0.457 e. The lowest BCUT2D eigenvalue weighted by Crippen LogP contribution is -2.34. The lowest BCUT2D eigenvalue weighted by atomic mass is 9.94. The summed E-state index contributed by atoms with van der Waals surface area (Å²) in [5.41, 5.74) is 4.71. The number of pyridine rings is 1. The van der Waals surface area contributed by atoms with E-state index in [4.69, 9.17) is 4.74 Å². The quantitative estimate of drug-likeness (QED) is 0.482. The number of anilines is 1. The van der Waals surface area contributed by atoms with Gasteiger partial charge in [0.2, 0.25) is 0 Å². The number of hydrogen-bond acceptors (Lipinski definition) is 6. The van der Waals surface area contributed by atoms with Crippen LogP contribution in [-0.2, 0) is 6.42 Å². The van der Waals surface area contributed by atoms with Gasteiger partial charge in [0.1, 0.15) is 11.5 Å². The van der Waals surface area contributed by atoms with Gasteiger partial charge in [0.15, 0.2) is 6.29 Å². The maximum absolute atomic E-state index is 9.52. The number of hydrogen-bond donors (Lipinski definition) is 4. The molecule has 0 bridgehead atoms. The van der Waals surface area contributed by atoms with Gasteiger partial charge in [0, 0.05) is 24.3 Å². The summed E-state index contributed by atoms with van der Waals surface area (Å²) in [7, 11) is 0. The van der Waals surface area contributed by atoms with Crippen LogP contribution in [0.3, 0.4) is 0 Å². The van der Waals surface area contributed by atoms with Crippen molar-refractivity contribution in [2.75, 3.05) is 18.4 Å². The lowest BCUT2D eigenvalue weighted by molar-refractivity contribution is -0.0419. The molecule has 6 nitrogen and oxygen atoms in total. The monoisotopic (exact) mass is 391 g/mol. The molecule has 0 saturated heterocycles. The van der Waals surface area contributed by atoms with E-state index in [0.29, 0.717) is 17.8 Å². The Morgan fingerprint density at radius 3 is 2.72 bits per heavy atom. The van der Waals surface area contributed by atoms with Gasteiger partial charge in [-0.3, -0.25) is 4.98 Å². The maximum Gasteiger partial charge on any atom is 0.180 e. The third kappa shape index (κ3) is 4.56. The number of ether oxygens (including phenoxy) is 1. The van der Waals surface area contributed by atoms with Crippen LogP contribution in [-0.4, -0.2) is 28.3 Å². The van der Waals surface area contributed by atoms with E-state index in [-0.39, 0.29) is 6.04 Å². The van der Waals surface area contributed by atoms with Crippen LogP contribution < -0.4 is 15.4 Å². The minimum absolute atomic E-state index is 0.107. The Labute approximate surface area is 170 Å². The molecule has 2 heterocycles. The van der Waals surface area contributed by atoms with Crippen molar-refractivity contribution in [3.05, 3.63) is 83.2 Å². The Hall–Kier alpha value is -2.93. The molecule has 0 amide bonds. The number of nitrogens with zero attached hydrogens (tertiary/aromatic N) is 1. The Kier molecular flexibility index (Phi) is 5.76. The second kappa shape index (κ2) is 8.61. The largest absolute Gasteiger partial charge is 0.457 e. The summed E-state index contributed by atoms with van der Waals surface area (Å²) >= 11 is 0. The summed E-state index contributed by atoms with van der Waals surface area (Å²) in [5.74, 6) is 1.66. The normalized spacial score (nSPS) is 15.8. The van der Waals surface area contributed by atoms with Crippen molar-refractivity contribution in [2.45, 2.75) is 25.7 Å². The zero-order valence-electron chi connectivity index (χ0n) is 16.3. The van der Waals surface area contributed by atoms with Crippen LogP contribution in [0.1, 0.15) is 34.6 Å². The van der Waals surface area contributed by atoms with E-state index >= 15 is 0 Å². The number of aryl methyl sites for hydroxylation is 1. The molecule has 6 heteroatoms. The molecule has 29 heavy (non-hydrogen) atoms. The second-order valence-corrected chi connectivity index (χ2v) is 7.25. The fourth-order valence-corrected chi connectivity index (χ4v) is 3.61. The highest BCUT2D eigenvalue weighted by atomic mass is 16.5. The molecule has 4 N–H and O–H groups in total. The fraction of sp³-hybridized carbons (Fsp3) is 0.261. The highest BCUT2D eigenvalue weighted by Gasteiger charge is 2.21. The molecular formula is C23H25N3O3. The van der Waals surface area contributed by atoms with E-state index in [2.05, 4.69) is 34.7 Å². The van der Waals surface area contributed by atoms with Gasteiger partial charge in [-0.25, -0.2) is 0 Å². The summed E-state index contributed by atoms with van der Waals surface area (Å²) in [4.78, 5) is 4.07. The van der Waals surface area contributed by atoms with Crippen molar-refractivity contribution in [2.24, 2.45) is 0 Å². The van der Waals surface area contributed by atoms with Crippen LogP contribution in [0.2, 0.25) is 0 Å². The Morgan fingerprint density at radius 1 is 1.14 bits per heavy atom. The molecule has 0 aliphatic carbocycles. The van der Waals surface area contributed by atoms with Gasteiger partial charge in [-0.15, -0.1) is 0 Å². The van der Waals surface area contributed by atoms with E-state index in [0.717, 1.165) is 24.5 Å². The summed E-state index contributed by atoms with van der Waals surface area (Å²) in [5, 5.41) is 25.9. The standard InChI is InChI=1S/C23H25N3O3/c1-15-2-4-17(5-3-15)29-18-6-7-19-16(12-18)8-11-25-22(19)14-26-21-13-24-10-9-20(21)23(27)28/h2-7,9-10,12-13,22-23,25-28H,8,11,14H2,1H3/t22-/m1/s1. The first kappa shape index (κ1) is 19.4. The van der Waals surface area contributed by atoms with Crippen molar-refractivity contribution in [1.82, 2.24) is 10.3 Å². The molecule has 1 atom stereocenters. The smallest absolute Gasteiger partial charge is 0.180 e. The van der Waals surface area contributed by atoms with Gasteiger partial charge in [-0.05, 0) is 61.3 Å². The first-order valence-corrected chi connectivity index (χ1v) is 9.75. The number of rotatable bonds is 6. The average Bonchev–Trinajstić information content (AvgIpc) is 2.74. The van der Waals surface area contributed by atoms with E-state index in [9.17, 15) is 10.2 Å². The lowest BCUT2D eigenvalue weighted by Gasteiger charge is -2.28. The highest BCUT2D eigenvalue weighted by molar-refractivity contribution is 5.50. The molecule has 150 valence electrons. The van der Waals surface area contributed by atoms with Crippen LogP contribution in [0.25, 0.3) is 0 Å². The minimum atomic E-state index is -1.53. The van der Waals surface area contributed by atoms with Crippen molar-refractivity contribution >= 4 is 5.69 Å². The number of aliphatic hydroxyl groups excluding tert-OH is 1. The third-order valence-electron chi connectivity index (χ3n) is 5.16. The fourth-order valence-electron chi connectivity index (χ4n) is 3.61. The van der Waals surface area contributed by atoms with Gasteiger partial charge in [-0.2, -0.15) is 0 Å². The van der Waals surface area contributed by atoms with Crippen molar-refractivity contribution in [1.29, 1.82) is 0 Å². The van der Waals surface area contributed by atoms with Crippen LogP contribution in [0.5, 0.6) is 11.5 Å². The Morgan fingerprint density at radius 2 is 1.93 bits per heavy atom. The SMILES string of the molecule is Cc1ccc(Oc2ccc3c(c2)CCN[C@@H]3CNc2cnccc2C(O)O)cc1. The molecule has 0 saturated carbocycles. The van der Waals surface area contributed by atoms with Crippen molar-refractivity contribution < 1.29 is 14.9 Å². The summed E-state index contributed by atoms with van der Waals surface area (Å²) in [6, 6.07) is 15.9.